The Kier molecular flexibility index (Phi) is 17.1. The molecule has 2 aromatic rings. The molecule has 0 radical (unpaired) electrons. The minimum atomic E-state index is -0.479. The van der Waals surface area contributed by atoms with Crippen molar-refractivity contribution in [2.75, 3.05) is 13.1 Å². The number of aryl methyl sites for hydroxylation is 2. The molecule has 0 saturated carbocycles. The normalized spacial score (nSPS) is 17.0. The van der Waals surface area contributed by atoms with Gasteiger partial charge in [-0.05, 0) is 127 Å². The van der Waals surface area contributed by atoms with Crippen LogP contribution in [-0.2, 0) is 27.1 Å². The molecule has 11 heteroatoms. The summed E-state index contributed by atoms with van der Waals surface area (Å²) in [5.41, 5.74) is 4.34. The molecule has 2 aliphatic carbocycles. The van der Waals surface area contributed by atoms with Crippen LogP contribution in [0.1, 0.15) is 108 Å². The number of carbonyl (C=O) groups is 3. The maximum absolute atomic E-state index is 11.8. The molecule has 3 N–H and O–H groups in total. The molecule has 0 unspecified atom stereocenters. The van der Waals surface area contributed by atoms with Crippen molar-refractivity contribution < 1.29 is 58.9 Å². The summed E-state index contributed by atoms with van der Waals surface area (Å²) in [7, 11) is 0. The van der Waals surface area contributed by atoms with E-state index in [1.54, 1.807) is 6.92 Å². The Labute approximate surface area is 300 Å². The van der Waals surface area contributed by atoms with Crippen LogP contribution >= 0.6 is 24.4 Å². The number of fused-ring (bicyclic) bond motifs is 2. The van der Waals surface area contributed by atoms with Gasteiger partial charge in [0.1, 0.15) is 11.2 Å². The first-order valence-electron chi connectivity index (χ1n) is 15.2. The Morgan fingerprint density at radius 3 is 1.69 bits per heavy atom. The van der Waals surface area contributed by atoms with Crippen molar-refractivity contribution in [3.63, 3.8) is 0 Å². The molecule has 0 aliphatic heterocycles. The Balaban J connectivity index is 0.000000434. The van der Waals surface area contributed by atoms with E-state index < -0.39 is 11.2 Å². The van der Waals surface area contributed by atoms with Gasteiger partial charge in [0, 0.05) is 41.6 Å². The second-order valence-electron chi connectivity index (χ2n) is 13.3. The SMILES string of the molecule is CC(=O)Sc1ccc2c(c1)CCC[C@H]2CNC(=O)OC(C)(C)C.CC(C)(C)OC(=O)NC[C@@H]1CCCc2cc(S)ccc21.[Na+].[OH-]. The number of hydrogen-bond acceptors (Lipinski definition) is 8. The number of thioether (sulfide) groups is 1. The minimum Gasteiger partial charge on any atom is -0.870 e. The number of amides is 2. The van der Waals surface area contributed by atoms with Crippen LogP contribution < -0.4 is 40.2 Å². The summed E-state index contributed by atoms with van der Waals surface area (Å²) < 4.78 is 10.6. The van der Waals surface area contributed by atoms with Crippen molar-refractivity contribution in [1.82, 2.24) is 10.6 Å². The van der Waals surface area contributed by atoms with Crippen molar-refractivity contribution in [3.05, 3.63) is 58.7 Å². The minimum absolute atomic E-state index is 0. The van der Waals surface area contributed by atoms with Gasteiger partial charge in [0.15, 0.2) is 5.12 Å². The number of thiol groups is 1. The van der Waals surface area contributed by atoms with E-state index in [0.29, 0.717) is 24.9 Å². The number of rotatable bonds is 5. The molecular weight excluding hydrogens is 620 g/mol. The van der Waals surface area contributed by atoms with Gasteiger partial charge < -0.3 is 25.6 Å². The van der Waals surface area contributed by atoms with E-state index in [9.17, 15) is 14.4 Å². The summed E-state index contributed by atoms with van der Waals surface area (Å²) in [4.78, 5) is 36.8. The van der Waals surface area contributed by atoms with E-state index in [4.69, 9.17) is 9.47 Å². The predicted molar refractivity (Wildman–Crippen MR) is 178 cm³/mol. The van der Waals surface area contributed by atoms with Crippen LogP contribution in [0.4, 0.5) is 9.59 Å². The van der Waals surface area contributed by atoms with Crippen LogP contribution in [0.25, 0.3) is 0 Å². The first-order chi connectivity index (χ1) is 20.1. The maximum atomic E-state index is 11.8. The molecular formula is C34H49N2NaO6S2. The average molecular weight is 669 g/mol. The molecule has 2 aromatic carbocycles. The Morgan fingerprint density at radius 2 is 1.24 bits per heavy atom. The summed E-state index contributed by atoms with van der Waals surface area (Å²) in [6.45, 7) is 14.0. The Bertz CT molecular complexity index is 1290. The van der Waals surface area contributed by atoms with Crippen molar-refractivity contribution >= 4 is 41.7 Å². The summed E-state index contributed by atoms with van der Waals surface area (Å²) in [6, 6.07) is 12.5. The topological polar surface area (TPSA) is 124 Å². The first kappa shape index (κ1) is 41.3. The fourth-order valence-electron chi connectivity index (χ4n) is 5.49. The maximum Gasteiger partial charge on any atom is 1.00 e. The van der Waals surface area contributed by atoms with Gasteiger partial charge in [-0.15, -0.1) is 12.6 Å². The van der Waals surface area contributed by atoms with Crippen LogP contribution in [0.3, 0.4) is 0 Å². The average Bonchev–Trinajstić information content (AvgIpc) is 2.88. The van der Waals surface area contributed by atoms with Gasteiger partial charge in [-0.1, -0.05) is 23.9 Å². The smallest absolute Gasteiger partial charge is 0.870 e. The molecule has 244 valence electrons. The van der Waals surface area contributed by atoms with Gasteiger partial charge in [0.2, 0.25) is 0 Å². The summed E-state index contributed by atoms with van der Waals surface area (Å²) in [5.74, 6) is 0.683. The van der Waals surface area contributed by atoms with Crippen LogP contribution in [0.2, 0.25) is 0 Å². The van der Waals surface area contributed by atoms with E-state index >= 15 is 0 Å². The molecule has 0 heterocycles. The van der Waals surface area contributed by atoms with Crippen LogP contribution in [0, 0.1) is 0 Å². The summed E-state index contributed by atoms with van der Waals surface area (Å²) in [6.07, 6.45) is 5.85. The number of ether oxygens (including phenoxy) is 2. The van der Waals surface area contributed by atoms with Gasteiger partial charge in [-0.3, -0.25) is 4.79 Å². The van der Waals surface area contributed by atoms with E-state index in [-0.39, 0.29) is 52.3 Å². The number of benzene rings is 2. The van der Waals surface area contributed by atoms with E-state index in [0.717, 1.165) is 48.3 Å². The number of carbonyl (C=O) groups excluding carboxylic acids is 3. The standard InChI is InChI=1S/C18H25NO3S.C16H23NO2S.Na.H2O/c1-12(20)23-15-8-9-16-13(10-15)6-5-7-14(16)11-19-17(21)22-18(2,3)4;1-16(2,3)19-15(18)17-10-12-6-4-5-11-9-13(20)7-8-14(11)12;;/h8-10,14H,5-7,11H2,1-4H3,(H,19,21);7-9,12,20H,4-6,10H2,1-3H3,(H,17,18);;1H2/q;;+1;/p-1/t14-;12-;;/m00../s1. The third-order valence-corrected chi connectivity index (χ3v) is 8.22. The van der Waals surface area contributed by atoms with Crippen LogP contribution in [0.5, 0.6) is 0 Å². The molecule has 4 rings (SSSR count). The Hall–Kier alpha value is -1.69. The first-order valence-corrected chi connectivity index (χ1v) is 16.4. The van der Waals surface area contributed by atoms with Crippen molar-refractivity contribution in [2.24, 2.45) is 0 Å². The largest absolute Gasteiger partial charge is 1.00 e. The van der Waals surface area contributed by atoms with Crippen molar-refractivity contribution in [2.45, 2.75) is 120 Å². The molecule has 0 saturated heterocycles. The van der Waals surface area contributed by atoms with Gasteiger partial charge >= 0.3 is 41.7 Å². The van der Waals surface area contributed by atoms with Gasteiger partial charge in [-0.2, -0.15) is 0 Å². The second-order valence-corrected chi connectivity index (χ2v) is 15.0. The van der Waals surface area contributed by atoms with Gasteiger partial charge in [0.25, 0.3) is 0 Å². The monoisotopic (exact) mass is 668 g/mol. The van der Waals surface area contributed by atoms with Crippen molar-refractivity contribution in [1.29, 1.82) is 0 Å². The molecule has 0 bridgehead atoms. The van der Waals surface area contributed by atoms with E-state index in [2.05, 4.69) is 47.5 Å². The van der Waals surface area contributed by atoms with Crippen LogP contribution in [-0.4, -0.2) is 47.1 Å². The van der Waals surface area contributed by atoms with E-state index in [1.165, 1.54) is 34.0 Å². The quantitative estimate of drug-likeness (QED) is 0.232. The fraction of sp³-hybridized carbons (Fsp3) is 0.559. The predicted octanol–water partition coefficient (Wildman–Crippen LogP) is 5.02. The third kappa shape index (κ3) is 14.7. The molecule has 0 fully saturated rings. The van der Waals surface area contributed by atoms with Crippen molar-refractivity contribution in [3.8, 4) is 0 Å². The molecule has 0 spiro atoms. The summed E-state index contributed by atoms with van der Waals surface area (Å²) in [5, 5.41) is 5.86. The zero-order valence-corrected chi connectivity index (χ0v) is 31.8. The molecule has 45 heavy (non-hydrogen) atoms. The fourth-order valence-corrected chi connectivity index (χ4v) is 6.39. The number of hydrogen-bond donors (Lipinski definition) is 3. The third-order valence-electron chi connectivity index (χ3n) is 7.16. The Morgan fingerprint density at radius 1 is 0.800 bits per heavy atom. The summed E-state index contributed by atoms with van der Waals surface area (Å²) >= 11 is 5.66. The van der Waals surface area contributed by atoms with Gasteiger partial charge in [-0.25, -0.2) is 9.59 Å². The molecule has 0 aromatic heterocycles. The number of nitrogens with one attached hydrogen (secondary N) is 2. The zero-order valence-electron chi connectivity index (χ0n) is 28.1. The molecule has 2 aliphatic rings. The molecule has 2 atom stereocenters. The van der Waals surface area contributed by atoms with E-state index in [1.807, 2.05) is 53.7 Å². The zero-order chi connectivity index (χ0) is 31.8. The van der Waals surface area contributed by atoms with Crippen LogP contribution in [0.15, 0.2) is 46.2 Å². The molecule has 2 amide bonds. The molecule has 8 nitrogen and oxygen atoms in total. The second kappa shape index (κ2) is 18.6. The number of alkyl carbamates (subject to hydrolysis) is 2. The van der Waals surface area contributed by atoms with Gasteiger partial charge in [0.05, 0.1) is 0 Å².